The topological polar surface area (TPSA) is 75.3 Å². The van der Waals surface area contributed by atoms with E-state index in [4.69, 9.17) is 0 Å². The molecule has 1 unspecified atom stereocenters. The van der Waals surface area contributed by atoms with E-state index in [1.807, 2.05) is 31.2 Å². The van der Waals surface area contributed by atoms with Crippen molar-refractivity contribution >= 4 is 21.6 Å². The summed E-state index contributed by atoms with van der Waals surface area (Å²) in [5.41, 5.74) is 3.73. The summed E-state index contributed by atoms with van der Waals surface area (Å²) in [6, 6.07) is 12.8. The lowest BCUT2D eigenvalue weighted by molar-refractivity contribution is -0.116. The molecule has 2 N–H and O–H groups in total. The van der Waals surface area contributed by atoms with E-state index in [1.165, 1.54) is 0 Å². The van der Waals surface area contributed by atoms with E-state index >= 15 is 0 Å². The molecule has 1 heterocycles. The van der Waals surface area contributed by atoms with Crippen LogP contribution in [0.2, 0.25) is 0 Å². The van der Waals surface area contributed by atoms with E-state index in [-0.39, 0.29) is 16.8 Å². The Hall–Kier alpha value is -2.18. The van der Waals surface area contributed by atoms with Crippen molar-refractivity contribution in [3.8, 4) is 0 Å². The minimum absolute atomic E-state index is 0.0283. The minimum atomic E-state index is -3.63. The fraction of sp³-hybridized carbons (Fsp3) is 0.350. The summed E-state index contributed by atoms with van der Waals surface area (Å²) < 4.78 is 28.8. The van der Waals surface area contributed by atoms with E-state index in [2.05, 4.69) is 10.0 Å². The molecule has 136 valence electrons. The third-order valence-electron chi connectivity index (χ3n) is 5.09. The van der Waals surface area contributed by atoms with Gasteiger partial charge in [-0.05, 0) is 61.4 Å². The number of hydrogen-bond acceptors (Lipinski definition) is 3. The van der Waals surface area contributed by atoms with Gasteiger partial charge in [0.15, 0.2) is 0 Å². The summed E-state index contributed by atoms with van der Waals surface area (Å²) in [5.74, 6) is 0.323. The lowest BCUT2D eigenvalue weighted by Crippen LogP contribution is -2.30. The molecule has 1 atom stereocenters. The van der Waals surface area contributed by atoms with Crippen LogP contribution in [0.15, 0.2) is 47.4 Å². The van der Waals surface area contributed by atoms with Gasteiger partial charge in [0.05, 0.1) is 4.90 Å². The van der Waals surface area contributed by atoms with Crippen LogP contribution in [-0.4, -0.2) is 14.3 Å². The number of aryl methyl sites for hydroxylation is 2. The van der Waals surface area contributed by atoms with Gasteiger partial charge >= 0.3 is 0 Å². The molecule has 2 aromatic rings. The van der Waals surface area contributed by atoms with Crippen molar-refractivity contribution in [3.63, 3.8) is 0 Å². The van der Waals surface area contributed by atoms with Crippen molar-refractivity contribution in [2.45, 2.75) is 43.5 Å². The third-order valence-corrected chi connectivity index (χ3v) is 6.53. The highest BCUT2D eigenvalue weighted by Crippen LogP contribution is 2.42. The SMILES string of the molecule is Cc1ccc(C(NS(=O)(=O)c2ccc3c(c2)CCC(=O)N3)C2CC2)cc1. The molecular formula is C20H22N2O3S. The van der Waals surface area contributed by atoms with Gasteiger partial charge in [0, 0.05) is 18.2 Å². The number of rotatable bonds is 5. The Bertz CT molecular complexity index is 948. The van der Waals surface area contributed by atoms with Crippen molar-refractivity contribution in [1.29, 1.82) is 0 Å². The quantitative estimate of drug-likeness (QED) is 0.848. The van der Waals surface area contributed by atoms with Crippen LogP contribution >= 0.6 is 0 Å². The van der Waals surface area contributed by atoms with E-state index in [0.29, 0.717) is 24.4 Å². The second kappa shape index (κ2) is 6.52. The molecule has 2 aliphatic rings. The molecule has 1 aliphatic carbocycles. The zero-order valence-corrected chi connectivity index (χ0v) is 15.5. The Morgan fingerprint density at radius 1 is 1.08 bits per heavy atom. The van der Waals surface area contributed by atoms with Crippen LogP contribution in [-0.2, 0) is 21.2 Å². The number of anilines is 1. The zero-order valence-electron chi connectivity index (χ0n) is 14.7. The fourth-order valence-corrected chi connectivity index (χ4v) is 4.75. The van der Waals surface area contributed by atoms with Crippen LogP contribution in [0.3, 0.4) is 0 Å². The summed E-state index contributed by atoms with van der Waals surface area (Å²) in [6.45, 7) is 2.02. The number of carbonyl (C=O) groups excluding carboxylic acids is 1. The average Bonchev–Trinajstić information content (AvgIpc) is 3.45. The van der Waals surface area contributed by atoms with Crippen LogP contribution in [0.1, 0.15) is 42.0 Å². The molecule has 26 heavy (non-hydrogen) atoms. The summed E-state index contributed by atoms with van der Waals surface area (Å²) in [7, 11) is -3.63. The number of fused-ring (bicyclic) bond motifs is 1. The molecule has 0 spiro atoms. The Labute approximate surface area is 153 Å². The maximum atomic E-state index is 13.0. The van der Waals surface area contributed by atoms with Gasteiger partial charge in [0.25, 0.3) is 0 Å². The minimum Gasteiger partial charge on any atom is -0.326 e. The first kappa shape index (κ1) is 17.2. The predicted octanol–water partition coefficient (Wildman–Crippen LogP) is 3.31. The highest BCUT2D eigenvalue weighted by molar-refractivity contribution is 7.89. The molecule has 1 aliphatic heterocycles. The van der Waals surface area contributed by atoms with Crippen LogP contribution < -0.4 is 10.0 Å². The van der Waals surface area contributed by atoms with Gasteiger partial charge < -0.3 is 5.32 Å². The standard InChI is InChI=1S/C20H22N2O3S/c1-13-2-4-14(5-3-13)20(15-6-7-15)22-26(24,25)17-9-10-18-16(12-17)8-11-19(23)21-18/h2-5,9-10,12,15,20,22H,6-8,11H2,1H3,(H,21,23). The molecule has 4 rings (SSSR count). The Kier molecular flexibility index (Phi) is 4.32. The van der Waals surface area contributed by atoms with E-state index in [0.717, 1.165) is 29.5 Å². The number of benzene rings is 2. The highest BCUT2D eigenvalue weighted by atomic mass is 32.2. The second-order valence-corrected chi connectivity index (χ2v) is 8.93. The third kappa shape index (κ3) is 3.52. The molecule has 6 heteroatoms. The smallest absolute Gasteiger partial charge is 0.241 e. The highest BCUT2D eigenvalue weighted by Gasteiger charge is 2.35. The van der Waals surface area contributed by atoms with Crippen molar-refractivity contribution in [1.82, 2.24) is 4.72 Å². The lowest BCUT2D eigenvalue weighted by Gasteiger charge is -2.21. The van der Waals surface area contributed by atoms with Crippen LogP contribution in [0.25, 0.3) is 0 Å². The van der Waals surface area contributed by atoms with Crippen molar-refractivity contribution in [3.05, 3.63) is 59.2 Å². The van der Waals surface area contributed by atoms with Gasteiger partial charge in [-0.1, -0.05) is 29.8 Å². The average molecular weight is 370 g/mol. The molecule has 5 nitrogen and oxygen atoms in total. The first-order valence-electron chi connectivity index (χ1n) is 8.94. The molecule has 1 saturated carbocycles. The Morgan fingerprint density at radius 3 is 2.50 bits per heavy atom. The molecule has 1 fully saturated rings. The fourth-order valence-electron chi connectivity index (χ4n) is 3.40. The van der Waals surface area contributed by atoms with Crippen LogP contribution in [0.5, 0.6) is 0 Å². The molecule has 1 amide bonds. The molecular weight excluding hydrogens is 348 g/mol. The van der Waals surface area contributed by atoms with E-state index in [9.17, 15) is 13.2 Å². The molecule has 0 aromatic heterocycles. The number of hydrogen-bond donors (Lipinski definition) is 2. The van der Waals surface area contributed by atoms with Crippen molar-refractivity contribution in [2.75, 3.05) is 5.32 Å². The number of carbonyl (C=O) groups is 1. The van der Waals surface area contributed by atoms with Gasteiger partial charge in [-0.25, -0.2) is 13.1 Å². The molecule has 0 radical (unpaired) electrons. The largest absolute Gasteiger partial charge is 0.326 e. The zero-order chi connectivity index (χ0) is 18.3. The van der Waals surface area contributed by atoms with Gasteiger partial charge in [0.1, 0.15) is 0 Å². The number of nitrogens with one attached hydrogen (secondary N) is 2. The number of sulfonamides is 1. The summed E-state index contributed by atoms with van der Waals surface area (Å²) >= 11 is 0. The van der Waals surface area contributed by atoms with Crippen molar-refractivity contribution < 1.29 is 13.2 Å². The maximum absolute atomic E-state index is 13.0. The second-order valence-electron chi connectivity index (χ2n) is 7.21. The first-order valence-corrected chi connectivity index (χ1v) is 10.4. The summed E-state index contributed by atoms with van der Waals surface area (Å²) in [5, 5.41) is 2.78. The van der Waals surface area contributed by atoms with Gasteiger partial charge in [-0.15, -0.1) is 0 Å². The predicted molar refractivity (Wildman–Crippen MR) is 100 cm³/mol. The molecule has 0 bridgehead atoms. The normalized spacial score (nSPS) is 18.1. The monoisotopic (exact) mass is 370 g/mol. The van der Waals surface area contributed by atoms with E-state index < -0.39 is 10.0 Å². The van der Waals surface area contributed by atoms with Gasteiger partial charge in [0.2, 0.25) is 15.9 Å². The lowest BCUT2D eigenvalue weighted by atomic mass is 10.0. The molecule has 2 aromatic carbocycles. The number of amides is 1. The van der Waals surface area contributed by atoms with Gasteiger partial charge in [-0.2, -0.15) is 0 Å². The molecule has 0 saturated heterocycles. The van der Waals surface area contributed by atoms with E-state index in [1.54, 1.807) is 18.2 Å². The Morgan fingerprint density at radius 2 is 1.81 bits per heavy atom. The van der Waals surface area contributed by atoms with Crippen LogP contribution in [0.4, 0.5) is 5.69 Å². The van der Waals surface area contributed by atoms with Crippen LogP contribution in [0, 0.1) is 12.8 Å². The van der Waals surface area contributed by atoms with Crippen molar-refractivity contribution in [2.24, 2.45) is 5.92 Å². The van der Waals surface area contributed by atoms with Gasteiger partial charge in [-0.3, -0.25) is 4.79 Å². The maximum Gasteiger partial charge on any atom is 0.241 e. The summed E-state index contributed by atoms with van der Waals surface area (Å²) in [4.78, 5) is 11.7. The summed E-state index contributed by atoms with van der Waals surface area (Å²) in [6.07, 6.45) is 3.03. The first-order chi connectivity index (χ1) is 12.4. The Balaban J connectivity index is 1.61.